The first-order valence-corrected chi connectivity index (χ1v) is 10.0. The Morgan fingerprint density at radius 1 is 1.14 bits per heavy atom. The molecule has 0 spiro atoms. The molecule has 0 radical (unpaired) electrons. The first kappa shape index (κ1) is 22.7. The lowest BCUT2D eigenvalue weighted by Gasteiger charge is -2.26. The van der Waals surface area contributed by atoms with Gasteiger partial charge in [0.1, 0.15) is 5.75 Å². The van der Waals surface area contributed by atoms with Gasteiger partial charge in [-0.05, 0) is 24.1 Å². The molecule has 0 aromatic heterocycles. The van der Waals surface area contributed by atoms with Crippen LogP contribution in [0.2, 0.25) is 0 Å². The minimum absolute atomic E-state index is 0.205. The predicted octanol–water partition coefficient (Wildman–Crippen LogP) is 2.52. The van der Waals surface area contributed by atoms with Gasteiger partial charge in [0.25, 0.3) is 16.0 Å². The third-order valence-corrected chi connectivity index (χ3v) is 4.41. The molecule has 0 heterocycles. The number of nitrogens with one attached hydrogen (secondary N) is 1. The Morgan fingerprint density at radius 3 is 2.28 bits per heavy atom. The number of hydrogen-bond donors (Lipinski definition) is 2. The zero-order valence-electron chi connectivity index (χ0n) is 15.5. The fraction of sp³-hybridized carbons (Fsp3) is 0.278. The summed E-state index contributed by atoms with van der Waals surface area (Å²) in [4.78, 5) is 11.6. The summed E-state index contributed by atoms with van der Waals surface area (Å²) in [6.45, 7) is 0.875. The zero-order valence-corrected chi connectivity index (χ0v) is 16.3. The molecule has 0 saturated heterocycles. The minimum atomic E-state index is -4.92. The number of nitrogens with two attached hydrogens (primary N) is 1. The second kappa shape index (κ2) is 8.39. The quantitative estimate of drug-likeness (QED) is 0.490. The van der Waals surface area contributed by atoms with E-state index < -0.39 is 33.9 Å². The van der Waals surface area contributed by atoms with Crippen LogP contribution in [0.3, 0.4) is 0 Å². The molecule has 11 heteroatoms. The van der Waals surface area contributed by atoms with Crippen LogP contribution in [0.25, 0.3) is 11.1 Å². The standard InChI is InChI=1S/C18H19F3N2O5S/c1-17(16(22)24,28-29(2,25)26)23-11-12-8-9-14(13-6-4-3-5-7-13)15(10-12)27-18(19,20)21/h3-10,23H,11H2,1-2H3,(H2,22,24)/t17-/m0/s1. The molecule has 1 amide bonds. The van der Waals surface area contributed by atoms with Crippen molar-refractivity contribution in [1.82, 2.24) is 5.32 Å². The smallest absolute Gasteiger partial charge is 0.405 e. The van der Waals surface area contributed by atoms with Crippen LogP contribution in [-0.4, -0.2) is 32.7 Å². The third-order valence-electron chi connectivity index (χ3n) is 3.77. The Kier molecular flexibility index (Phi) is 6.56. The van der Waals surface area contributed by atoms with Crippen LogP contribution in [0.1, 0.15) is 12.5 Å². The van der Waals surface area contributed by atoms with Crippen LogP contribution in [0.5, 0.6) is 5.75 Å². The van der Waals surface area contributed by atoms with Crippen molar-refractivity contribution in [2.24, 2.45) is 5.73 Å². The summed E-state index contributed by atoms with van der Waals surface area (Å²) in [5.74, 6) is -1.57. The van der Waals surface area contributed by atoms with Gasteiger partial charge in [-0.1, -0.05) is 42.5 Å². The SMILES string of the molecule is C[C@](NCc1ccc(-c2ccccc2)c(OC(F)(F)F)c1)(OS(C)(=O)=O)C(N)=O. The summed E-state index contributed by atoms with van der Waals surface area (Å²) in [5, 5.41) is 2.50. The molecule has 0 aliphatic heterocycles. The minimum Gasteiger partial charge on any atom is -0.405 e. The highest BCUT2D eigenvalue weighted by Crippen LogP contribution is 2.34. The van der Waals surface area contributed by atoms with Crippen molar-refractivity contribution in [2.45, 2.75) is 25.6 Å². The Balaban J connectivity index is 2.34. The van der Waals surface area contributed by atoms with Gasteiger partial charge in [-0.3, -0.25) is 10.1 Å². The van der Waals surface area contributed by atoms with E-state index in [1.165, 1.54) is 12.1 Å². The van der Waals surface area contributed by atoms with Gasteiger partial charge < -0.3 is 10.5 Å². The van der Waals surface area contributed by atoms with Gasteiger partial charge in [-0.15, -0.1) is 13.2 Å². The van der Waals surface area contributed by atoms with Gasteiger partial charge in [-0.2, -0.15) is 8.42 Å². The number of carbonyl (C=O) groups excluding carboxylic acids is 1. The van der Waals surface area contributed by atoms with Gasteiger partial charge in [0, 0.05) is 12.1 Å². The second-order valence-electron chi connectivity index (χ2n) is 6.28. The van der Waals surface area contributed by atoms with E-state index >= 15 is 0 Å². The maximum Gasteiger partial charge on any atom is 0.573 e. The number of benzene rings is 2. The molecule has 158 valence electrons. The monoisotopic (exact) mass is 432 g/mol. The van der Waals surface area contributed by atoms with E-state index in [-0.39, 0.29) is 17.7 Å². The number of halogens is 3. The van der Waals surface area contributed by atoms with Crippen LogP contribution >= 0.6 is 0 Å². The Morgan fingerprint density at radius 2 is 1.76 bits per heavy atom. The molecule has 29 heavy (non-hydrogen) atoms. The molecule has 0 bridgehead atoms. The molecule has 0 saturated carbocycles. The largest absolute Gasteiger partial charge is 0.573 e. The number of amides is 1. The van der Waals surface area contributed by atoms with Crippen LogP contribution in [-0.2, 0) is 25.6 Å². The molecule has 0 unspecified atom stereocenters. The molecule has 2 aromatic carbocycles. The fourth-order valence-electron chi connectivity index (χ4n) is 2.47. The van der Waals surface area contributed by atoms with Crippen LogP contribution < -0.4 is 15.8 Å². The molecule has 7 nitrogen and oxygen atoms in total. The van der Waals surface area contributed by atoms with Crippen LogP contribution in [0, 0.1) is 0 Å². The van der Waals surface area contributed by atoms with E-state index in [0.29, 0.717) is 5.56 Å². The summed E-state index contributed by atoms with van der Waals surface area (Å²) in [6, 6.07) is 12.4. The lowest BCUT2D eigenvalue weighted by molar-refractivity contribution is -0.274. The van der Waals surface area contributed by atoms with Crippen LogP contribution in [0.4, 0.5) is 13.2 Å². The Bertz CT molecular complexity index is 981. The molecule has 3 N–H and O–H groups in total. The van der Waals surface area contributed by atoms with Crippen molar-refractivity contribution in [2.75, 3.05) is 6.26 Å². The van der Waals surface area contributed by atoms with Crippen LogP contribution in [0.15, 0.2) is 48.5 Å². The lowest BCUT2D eigenvalue weighted by atomic mass is 10.0. The zero-order chi connectivity index (χ0) is 21.9. The van der Waals surface area contributed by atoms with Crippen molar-refractivity contribution < 1.29 is 35.3 Å². The first-order valence-electron chi connectivity index (χ1n) is 8.19. The van der Waals surface area contributed by atoms with Gasteiger partial charge in [0.2, 0.25) is 5.72 Å². The summed E-state index contributed by atoms with van der Waals surface area (Å²) >= 11 is 0. The van der Waals surface area contributed by atoms with E-state index in [1.807, 2.05) is 0 Å². The normalized spacial score (nSPS) is 14.2. The Hall–Kier alpha value is -2.63. The third kappa shape index (κ3) is 6.73. The first-order chi connectivity index (χ1) is 13.3. The molecule has 2 rings (SSSR count). The van der Waals surface area contributed by atoms with Gasteiger partial charge >= 0.3 is 6.36 Å². The molecule has 2 aromatic rings. The fourth-order valence-corrected chi connectivity index (χ4v) is 3.22. The Labute approximate surface area is 165 Å². The molecule has 0 aliphatic carbocycles. The van der Waals surface area contributed by atoms with Crippen molar-refractivity contribution in [3.05, 3.63) is 54.1 Å². The van der Waals surface area contributed by atoms with E-state index in [4.69, 9.17) is 5.73 Å². The number of hydrogen-bond acceptors (Lipinski definition) is 6. The van der Waals surface area contributed by atoms with Crippen molar-refractivity contribution in [1.29, 1.82) is 0 Å². The van der Waals surface area contributed by atoms with Crippen molar-refractivity contribution >= 4 is 16.0 Å². The lowest BCUT2D eigenvalue weighted by Crippen LogP contribution is -2.55. The highest BCUT2D eigenvalue weighted by Gasteiger charge is 2.36. The number of carbonyl (C=O) groups is 1. The summed E-state index contributed by atoms with van der Waals surface area (Å²) in [5.41, 5.74) is 4.09. The average molecular weight is 432 g/mol. The van der Waals surface area contributed by atoms with E-state index in [9.17, 15) is 26.4 Å². The van der Waals surface area contributed by atoms with Crippen molar-refractivity contribution in [3.8, 4) is 16.9 Å². The number of rotatable bonds is 8. The molecule has 0 fully saturated rings. The van der Waals surface area contributed by atoms with E-state index in [1.54, 1.807) is 30.3 Å². The second-order valence-corrected chi connectivity index (χ2v) is 7.86. The van der Waals surface area contributed by atoms with Gasteiger partial charge in [0.15, 0.2) is 0 Å². The topological polar surface area (TPSA) is 108 Å². The van der Waals surface area contributed by atoms with E-state index in [2.05, 4.69) is 14.2 Å². The summed E-state index contributed by atoms with van der Waals surface area (Å²) in [6.07, 6.45) is -4.18. The maximum atomic E-state index is 12.8. The van der Waals surface area contributed by atoms with E-state index in [0.717, 1.165) is 19.2 Å². The number of alkyl halides is 3. The molecular weight excluding hydrogens is 413 g/mol. The number of primary amides is 1. The highest BCUT2D eigenvalue weighted by atomic mass is 32.2. The van der Waals surface area contributed by atoms with Gasteiger partial charge in [0.05, 0.1) is 6.26 Å². The highest BCUT2D eigenvalue weighted by molar-refractivity contribution is 7.86. The number of ether oxygens (including phenoxy) is 1. The van der Waals surface area contributed by atoms with Gasteiger partial charge in [-0.25, -0.2) is 4.18 Å². The molecule has 0 aliphatic rings. The maximum absolute atomic E-state index is 12.8. The van der Waals surface area contributed by atoms with Crippen molar-refractivity contribution in [3.63, 3.8) is 0 Å². The summed E-state index contributed by atoms with van der Waals surface area (Å²) < 4.78 is 70.1. The molecular formula is C18H19F3N2O5S. The predicted molar refractivity (Wildman–Crippen MR) is 98.9 cm³/mol. The summed E-state index contributed by atoms with van der Waals surface area (Å²) in [7, 11) is -4.04. The molecule has 1 atom stereocenters. The average Bonchev–Trinajstić information content (AvgIpc) is 2.58.